The van der Waals surface area contributed by atoms with Crippen molar-refractivity contribution in [2.24, 2.45) is 0 Å². The average Bonchev–Trinajstić information content (AvgIpc) is 2.47. The van der Waals surface area contributed by atoms with Gasteiger partial charge in [-0.1, -0.05) is 6.92 Å². The monoisotopic (exact) mass is 170 g/mol. The van der Waals surface area contributed by atoms with Crippen molar-refractivity contribution in [1.82, 2.24) is 4.90 Å². The van der Waals surface area contributed by atoms with Crippen molar-refractivity contribution in [3.05, 3.63) is 0 Å². The molecule has 4 heteroatoms. The molecule has 1 fully saturated rings. The topological polar surface area (TPSA) is 46.6 Å². The molecule has 1 unspecified atom stereocenters. The molecule has 12 heavy (non-hydrogen) atoms. The number of amides is 1. The Bertz CT molecular complexity index is 181. The van der Waals surface area contributed by atoms with E-state index >= 15 is 0 Å². The zero-order valence-electron chi connectivity index (χ0n) is 7.08. The molecule has 0 aromatic heterocycles. The van der Waals surface area contributed by atoms with Crippen LogP contribution in [0.1, 0.15) is 26.2 Å². The first-order valence-corrected chi connectivity index (χ1v) is 4.12. The second-order valence-corrected chi connectivity index (χ2v) is 2.75. The van der Waals surface area contributed by atoms with Crippen molar-refractivity contribution < 1.29 is 14.3 Å². The summed E-state index contributed by atoms with van der Waals surface area (Å²) in [7, 11) is 0. The molecular formula is C8H12NO3. The van der Waals surface area contributed by atoms with E-state index in [0.29, 0.717) is 19.4 Å². The van der Waals surface area contributed by atoms with E-state index in [1.54, 1.807) is 4.90 Å². The van der Waals surface area contributed by atoms with Crippen molar-refractivity contribution in [3.63, 3.8) is 0 Å². The summed E-state index contributed by atoms with van der Waals surface area (Å²) in [5.74, 6) is 0.0668. The number of likely N-dealkylation sites (tertiary alicyclic amines) is 1. The fraction of sp³-hybridized carbons (Fsp3) is 0.750. The van der Waals surface area contributed by atoms with E-state index in [9.17, 15) is 9.59 Å². The molecule has 1 radical (unpaired) electrons. The standard InChI is InChI=1S/C8H12NO3/c1-2-8(12-6-10)9-5-3-4-7(9)11/h8H,2-5H2,1H3. The first-order valence-electron chi connectivity index (χ1n) is 4.12. The van der Waals surface area contributed by atoms with Crippen LogP contribution in [0.15, 0.2) is 0 Å². The quantitative estimate of drug-likeness (QED) is 0.614. The van der Waals surface area contributed by atoms with Gasteiger partial charge in [0.2, 0.25) is 5.91 Å². The summed E-state index contributed by atoms with van der Waals surface area (Å²) < 4.78 is 4.64. The van der Waals surface area contributed by atoms with Gasteiger partial charge >= 0.3 is 6.47 Å². The molecule has 0 aromatic carbocycles. The maximum Gasteiger partial charge on any atom is 0.419 e. The molecule has 1 aliphatic rings. The van der Waals surface area contributed by atoms with Crippen molar-refractivity contribution in [2.45, 2.75) is 32.4 Å². The fourth-order valence-corrected chi connectivity index (χ4v) is 1.40. The molecule has 1 amide bonds. The molecule has 4 nitrogen and oxygen atoms in total. The van der Waals surface area contributed by atoms with Crippen molar-refractivity contribution >= 4 is 12.4 Å². The Labute approximate surface area is 71.5 Å². The molecule has 1 rings (SSSR count). The molecule has 1 aliphatic heterocycles. The lowest BCUT2D eigenvalue weighted by Crippen LogP contribution is -2.37. The number of carbonyl (C=O) groups is 1. The largest absolute Gasteiger partial charge is 0.433 e. The number of carbonyl (C=O) groups excluding carboxylic acids is 2. The molecule has 0 spiro atoms. The maximum absolute atomic E-state index is 11.2. The maximum atomic E-state index is 11.2. The minimum atomic E-state index is -0.405. The van der Waals surface area contributed by atoms with Crippen LogP contribution in [0.3, 0.4) is 0 Å². The third-order valence-electron chi connectivity index (χ3n) is 1.99. The van der Waals surface area contributed by atoms with Gasteiger partial charge in [0.05, 0.1) is 0 Å². The SMILES string of the molecule is CCC(O[C]=O)N1CCCC1=O. The van der Waals surface area contributed by atoms with Crippen LogP contribution in [0.4, 0.5) is 0 Å². The lowest BCUT2D eigenvalue weighted by atomic mass is 10.4. The Morgan fingerprint density at radius 2 is 2.50 bits per heavy atom. The summed E-state index contributed by atoms with van der Waals surface area (Å²) >= 11 is 0. The molecule has 0 bridgehead atoms. The van der Waals surface area contributed by atoms with Crippen LogP contribution in [0.25, 0.3) is 0 Å². The van der Waals surface area contributed by atoms with Gasteiger partial charge in [-0.3, -0.25) is 4.79 Å². The predicted molar refractivity (Wildman–Crippen MR) is 41.8 cm³/mol. The van der Waals surface area contributed by atoms with Gasteiger partial charge in [0.15, 0.2) is 6.23 Å². The van der Waals surface area contributed by atoms with Crippen LogP contribution in [-0.2, 0) is 14.3 Å². The summed E-state index contributed by atoms with van der Waals surface area (Å²) in [6.07, 6.45) is 1.65. The Balaban J connectivity index is 2.51. The molecule has 0 N–H and O–H groups in total. The molecular weight excluding hydrogens is 158 g/mol. The highest BCUT2D eigenvalue weighted by Gasteiger charge is 2.27. The second kappa shape index (κ2) is 4.09. The van der Waals surface area contributed by atoms with Crippen LogP contribution in [0, 0.1) is 0 Å². The Kier molecular flexibility index (Phi) is 3.08. The highest BCUT2D eigenvalue weighted by Crippen LogP contribution is 2.15. The van der Waals surface area contributed by atoms with Gasteiger partial charge < -0.3 is 9.64 Å². The fourth-order valence-electron chi connectivity index (χ4n) is 1.40. The van der Waals surface area contributed by atoms with Crippen molar-refractivity contribution in [2.75, 3.05) is 6.54 Å². The molecule has 0 aliphatic carbocycles. The number of rotatable bonds is 4. The van der Waals surface area contributed by atoms with Gasteiger partial charge in [0.1, 0.15) is 0 Å². The van der Waals surface area contributed by atoms with Crippen LogP contribution >= 0.6 is 0 Å². The van der Waals surface area contributed by atoms with Gasteiger partial charge in [-0.25, -0.2) is 4.79 Å². The van der Waals surface area contributed by atoms with Gasteiger partial charge in [-0.05, 0) is 6.42 Å². The number of hydrogen-bond acceptors (Lipinski definition) is 3. The first-order chi connectivity index (χ1) is 5.79. The first kappa shape index (κ1) is 9.03. The van der Waals surface area contributed by atoms with Crippen molar-refractivity contribution in [3.8, 4) is 0 Å². The molecule has 1 heterocycles. The van der Waals surface area contributed by atoms with Gasteiger partial charge in [0.25, 0.3) is 0 Å². The number of nitrogens with zero attached hydrogens (tertiary/aromatic N) is 1. The zero-order valence-corrected chi connectivity index (χ0v) is 7.08. The Morgan fingerprint density at radius 1 is 1.75 bits per heavy atom. The third-order valence-corrected chi connectivity index (χ3v) is 1.99. The second-order valence-electron chi connectivity index (χ2n) is 2.75. The van der Waals surface area contributed by atoms with Crippen LogP contribution in [0.2, 0.25) is 0 Å². The summed E-state index contributed by atoms with van der Waals surface area (Å²) in [5.41, 5.74) is 0. The number of ether oxygens (including phenoxy) is 1. The normalized spacial score (nSPS) is 19.4. The number of hydrogen-bond donors (Lipinski definition) is 0. The third kappa shape index (κ3) is 1.75. The summed E-state index contributed by atoms with van der Waals surface area (Å²) in [4.78, 5) is 22.7. The lowest BCUT2D eigenvalue weighted by Gasteiger charge is -2.23. The molecule has 1 saturated heterocycles. The van der Waals surface area contributed by atoms with E-state index in [1.165, 1.54) is 6.47 Å². The van der Waals surface area contributed by atoms with Crippen LogP contribution in [0.5, 0.6) is 0 Å². The highest BCUT2D eigenvalue weighted by molar-refractivity contribution is 5.78. The molecule has 67 valence electrons. The zero-order chi connectivity index (χ0) is 8.97. The lowest BCUT2D eigenvalue weighted by molar-refractivity contribution is -0.135. The van der Waals surface area contributed by atoms with E-state index in [0.717, 1.165) is 6.42 Å². The predicted octanol–water partition coefficient (Wildman–Crippen LogP) is 0.429. The van der Waals surface area contributed by atoms with E-state index < -0.39 is 6.23 Å². The summed E-state index contributed by atoms with van der Waals surface area (Å²) in [6.45, 7) is 3.93. The van der Waals surface area contributed by atoms with Crippen LogP contribution in [-0.4, -0.2) is 30.1 Å². The summed E-state index contributed by atoms with van der Waals surface area (Å²) in [6, 6.07) is 0. The Hall–Kier alpha value is -1.06. The minimum Gasteiger partial charge on any atom is -0.433 e. The average molecular weight is 170 g/mol. The van der Waals surface area contributed by atoms with Crippen molar-refractivity contribution in [1.29, 1.82) is 0 Å². The molecule has 0 saturated carbocycles. The van der Waals surface area contributed by atoms with E-state index in [-0.39, 0.29) is 5.91 Å². The van der Waals surface area contributed by atoms with E-state index in [2.05, 4.69) is 4.74 Å². The van der Waals surface area contributed by atoms with E-state index in [1.807, 2.05) is 6.92 Å². The van der Waals surface area contributed by atoms with E-state index in [4.69, 9.17) is 0 Å². The minimum absolute atomic E-state index is 0.0668. The molecule has 1 atom stereocenters. The highest BCUT2D eigenvalue weighted by atomic mass is 16.5. The van der Waals surface area contributed by atoms with Gasteiger partial charge in [-0.15, -0.1) is 0 Å². The Morgan fingerprint density at radius 3 is 2.92 bits per heavy atom. The molecule has 0 aromatic rings. The smallest absolute Gasteiger partial charge is 0.419 e. The van der Waals surface area contributed by atoms with Gasteiger partial charge in [-0.2, -0.15) is 0 Å². The van der Waals surface area contributed by atoms with Gasteiger partial charge in [0, 0.05) is 19.4 Å². The van der Waals surface area contributed by atoms with Crippen LogP contribution < -0.4 is 0 Å². The summed E-state index contributed by atoms with van der Waals surface area (Å²) in [5, 5.41) is 0.